The van der Waals surface area contributed by atoms with Gasteiger partial charge in [0, 0.05) is 14.1 Å². The van der Waals surface area contributed by atoms with Gasteiger partial charge in [-0.1, -0.05) is 23.7 Å². The minimum atomic E-state index is -0.484. The van der Waals surface area contributed by atoms with Gasteiger partial charge in [-0.05, 0) is 35.4 Å². The van der Waals surface area contributed by atoms with Crippen molar-refractivity contribution < 1.29 is 4.39 Å². The van der Waals surface area contributed by atoms with Gasteiger partial charge in [0.25, 0.3) is 0 Å². The number of benzene rings is 2. The third kappa shape index (κ3) is 3.59. The second-order valence-corrected chi connectivity index (χ2v) is 5.09. The molecule has 2 aromatic rings. The van der Waals surface area contributed by atoms with Gasteiger partial charge in [-0.2, -0.15) is 5.26 Å². The van der Waals surface area contributed by atoms with Crippen LogP contribution in [0.3, 0.4) is 0 Å². The lowest BCUT2D eigenvalue weighted by Gasteiger charge is -2.06. The van der Waals surface area contributed by atoms with Crippen molar-refractivity contribution in [2.24, 2.45) is 4.99 Å². The Hall–Kier alpha value is -2.38. The van der Waals surface area contributed by atoms with E-state index in [-0.39, 0.29) is 5.02 Å². The highest BCUT2D eigenvalue weighted by Crippen LogP contribution is 2.28. The van der Waals surface area contributed by atoms with Gasteiger partial charge in [0.15, 0.2) is 0 Å². The van der Waals surface area contributed by atoms with Crippen LogP contribution in [0.1, 0.15) is 5.56 Å². The molecule has 0 aliphatic heterocycles. The molecule has 0 spiro atoms. The Morgan fingerprint density at radius 3 is 2.48 bits per heavy atom. The molecule has 0 heterocycles. The Bertz CT molecular complexity index is 733. The summed E-state index contributed by atoms with van der Waals surface area (Å²) in [6.45, 7) is 0. The summed E-state index contributed by atoms with van der Waals surface area (Å²) in [6.07, 6.45) is 1.62. The monoisotopic (exact) mass is 301 g/mol. The number of aliphatic imine (C=N–C) groups is 1. The predicted octanol–water partition coefficient (Wildman–Crippen LogP) is 4.24. The molecule has 0 aliphatic rings. The number of nitrogens with zero attached hydrogens (tertiary/aromatic N) is 3. The van der Waals surface area contributed by atoms with Crippen LogP contribution in [0.4, 0.5) is 10.1 Å². The van der Waals surface area contributed by atoms with Crippen molar-refractivity contribution >= 4 is 23.6 Å². The van der Waals surface area contributed by atoms with E-state index in [1.54, 1.807) is 35.5 Å². The molecule has 0 fully saturated rings. The molecule has 106 valence electrons. The number of halogens is 2. The van der Waals surface area contributed by atoms with E-state index >= 15 is 0 Å². The standard InChI is InChI=1S/C16H13ClFN3/c1-21(2)10-20-16-6-4-11(7-13(16)9-19)12-3-5-14(17)15(18)8-12/h3-8,10H,1-2H3. The van der Waals surface area contributed by atoms with Crippen molar-refractivity contribution in [2.75, 3.05) is 14.1 Å². The lowest BCUT2D eigenvalue weighted by atomic mass is 10.0. The zero-order valence-corrected chi connectivity index (χ0v) is 12.4. The molecule has 0 atom stereocenters. The van der Waals surface area contributed by atoms with Gasteiger partial charge < -0.3 is 4.90 Å². The first-order valence-electron chi connectivity index (χ1n) is 6.21. The zero-order valence-electron chi connectivity index (χ0n) is 11.6. The first-order valence-corrected chi connectivity index (χ1v) is 6.59. The van der Waals surface area contributed by atoms with Gasteiger partial charge in [-0.3, -0.25) is 0 Å². The first-order chi connectivity index (χ1) is 10.0. The summed E-state index contributed by atoms with van der Waals surface area (Å²) < 4.78 is 13.5. The highest BCUT2D eigenvalue weighted by molar-refractivity contribution is 6.30. The molecule has 21 heavy (non-hydrogen) atoms. The van der Waals surface area contributed by atoms with Crippen LogP contribution in [0, 0.1) is 17.1 Å². The number of rotatable bonds is 3. The number of hydrogen-bond donors (Lipinski definition) is 0. The van der Waals surface area contributed by atoms with Crippen molar-refractivity contribution in [1.82, 2.24) is 4.90 Å². The minimum absolute atomic E-state index is 0.0754. The maximum atomic E-state index is 13.5. The Labute approximate surface area is 127 Å². The Kier molecular flexibility index (Phi) is 4.56. The van der Waals surface area contributed by atoms with E-state index in [0.717, 1.165) is 5.56 Å². The Morgan fingerprint density at radius 1 is 1.19 bits per heavy atom. The van der Waals surface area contributed by atoms with E-state index in [1.165, 1.54) is 12.1 Å². The van der Waals surface area contributed by atoms with Crippen molar-refractivity contribution in [1.29, 1.82) is 5.26 Å². The molecule has 0 unspecified atom stereocenters. The van der Waals surface area contributed by atoms with E-state index in [9.17, 15) is 9.65 Å². The maximum Gasteiger partial charge on any atom is 0.142 e. The largest absolute Gasteiger partial charge is 0.369 e. The molecule has 0 saturated heterocycles. The predicted molar refractivity (Wildman–Crippen MR) is 83.4 cm³/mol. The third-order valence-electron chi connectivity index (χ3n) is 2.80. The molecule has 2 aromatic carbocycles. The van der Waals surface area contributed by atoms with Crippen molar-refractivity contribution in [3.8, 4) is 17.2 Å². The summed E-state index contributed by atoms with van der Waals surface area (Å²) in [7, 11) is 3.70. The van der Waals surface area contributed by atoms with E-state index < -0.39 is 5.82 Å². The van der Waals surface area contributed by atoms with Crippen molar-refractivity contribution in [2.45, 2.75) is 0 Å². The fourth-order valence-corrected chi connectivity index (χ4v) is 1.89. The normalized spacial score (nSPS) is 10.6. The Balaban J connectivity index is 2.43. The van der Waals surface area contributed by atoms with Gasteiger partial charge in [-0.15, -0.1) is 0 Å². The maximum absolute atomic E-state index is 13.5. The summed E-state index contributed by atoms with van der Waals surface area (Å²) in [5.41, 5.74) is 2.41. The number of nitriles is 1. The second-order valence-electron chi connectivity index (χ2n) is 4.68. The first kappa shape index (κ1) is 15.0. The summed E-state index contributed by atoms with van der Waals surface area (Å²) in [4.78, 5) is 6.01. The molecule has 3 nitrogen and oxygen atoms in total. The van der Waals surface area contributed by atoms with Gasteiger partial charge in [0.05, 0.1) is 22.6 Å². The van der Waals surface area contributed by atoms with Crippen LogP contribution in [0.5, 0.6) is 0 Å². The highest BCUT2D eigenvalue weighted by atomic mass is 35.5. The summed E-state index contributed by atoms with van der Waals surface area (Å²) in [6, 6.07) is 11.9. The smallest absolute Gasteiger partial charge is 0.142 e. The number of hydrogen-bond acceptors (Lipinski definition) is 2. The average Bonchev–Trinajstić information content (AvgIpc) is 2.47. The van der Waals surface area contributed by atoms with Crippen LogP contribution >= 0.6 is 11.6 Å². The average molecular weight is 302 g/mol. The minimum Gasteiger partial charge on any atom is -0.369 e. The fourth-order valence-electron chi connectivity index (χ4n) is 1.77. The van der Waals surface area contributed by atoms with E-state index in [1.807, 2.05) is 14.1 Å². The van der Waals surface area contributed by atoms with Gasteiger partial charge >= 0.3 is 0 Å². The molecule has 0 amide bonds. The Morgan fingerprint density at radius 2 is 1.86 bits per heavy atom. The van der Waals surface area contributed by atoms with Crippen LogP contribution < -0.4 is 0 Å². The van der Waals surface area contributed by atoms with Crippen molar-refractivity contribution in [3.05, 3.63) is 52.8 Å². The lowest BCUT2D eigenvalue weighted by molar-refractivity contribution is 0.629. The molecule has 0 aromatic heterocycles. The van der Waals surface area contributed by atoms with Crippen LogP contribution in [0.15, 0.2) is 41.4 Å². The van der Waals surface area contributed by atoms with E-state index in [2.05, 4.69) is 11.1 Å². The molecule has 0 saturated carbocycles. The van der Waals surface area contributed by atoms with Crippen LogP contribution in [-0.2, 0) is 0 Å². The molecule has 5 heteroatoms. The fraction of sp³-hybridized carbons (Fsp3) is 0.125. The van der Waals surface area contributed by atoms with Gasteiger partial charge in [0.2, 0.25) is 0 Å². The SMILES string of the molecule is CN(C)C=Nc1ccc(-c2ccc(Cl)c(F)c2)cc1C#N. The third-order valence-corrected chi connectivity index (χ3v) is 3.10. The van der Waals surface area contributed by atoms with Crippen LogP contribution in [0.2, 0.25) is 5.02 Å². The van der Waals surface area contributed by atoms with Crippen molar-refractivity contribution in [3.63, 3.8) is 0 Å². The summed E-state index contributed by atoms with van der Waals surface area (Å²) >= 11 is 5.67. The van der Waals surface area contributed by atoms with E-state index in [4.69, 9.17) is 11.6 Å². The summed E-state index contributed by atoms with van der Waals surface area (Å²) in [5.74, 6) is -0.484. The lowest BCUT2D eigenvalue weighted by Crippen LogP contribution is -2.07. The highest BCUT2D eigenvalue weighted by Gasteiger charge is 2.07. The molecule has 0 N–H and O–H groups in total. The van der Waals surface area contributed by atoms with Gasteiger partial charge in [0.1, 0.15) is 11.9 Å². The second kappa shape index (κ2) is 6.38. The molecule has 0 radical (unpaired) electrons. The topological polar surface area (TPSA) is 39.4 Å². The summed E-state index contributed by atoms with van der Waals surface area (Å²) in [5, 5.41) is 9.30. The molecular formula is C16H13ClFN3. The molecule has 2 rings (SSSR count). The molecule has 0 aliphatic carbocycles. The van der Waals surface area contributed by atoms with Crippen LogP contribution in [0.25, 0.3) is 11.1 Å². The molecule has 0 bridgehead atoms. The van der Waals surface area contributed by atoms with Crippen LogP contribution in [-0.4, -0.2) is 25.3 Å². The zero-order chi connectivity index (χ0) is 15.4. The molecular weight excluding hydrogens is 289 g/mol. The van der Waals surface area contributed by atoms with E-state index in [0.29, 0.717) is 16.8 Å². The quantitative estimate of drug-likeness (QED) is 0.628. The van der Waals surface area contributed by atoms with Gasteiger partial charge in [-0.25, -0.2) is 9.38 Å².